The number of carbonyl (C=O) groups excluding carboxylic acids is 1. The molecule has 0 bridgehead atoms. The molecule has 176 valence electrons. The van der Waals surface area contributed by atoms with Gasteiger partial charge in [0.2, 0.25) is 11.7 Å². The van der Waals surface area contributed by atoms with Gasteiger partial charge in [-0.25, -0.2) is 0 Å². The van der Waals surface area contributed by atoms with Crippen molar-refractivity contribution in [2.75, 3.05) is 11.1 Å². The summed E-state index contributed by atoms with van der Waals surface area (Å²) in [5.74, 6) is 0.519. The summed E-state index contributed by atoms with van der Waals surface area (Å²) in [6, 6.07) is 25.2. The summed E-state index contributed by atoms with van der Waals surface area (Å²) in [6.07, 6.45) is 1.83. The molecule has 0 fully saturated rings. The quantitative estimate of drug-likeness (QED) is 0.305. The van der Waals surface area contributed by atoms with E-state index in [1.54, 1.807) is 4.57 Å². The first-order valence-corrected chi connectivity index (χ1v) is 12.6. The van der Waals surface area contributed by atoms with Crippen molar-refractivity contribution in [3.05, 3.63) is 89.2 Å². The fraction of sp³-hybridized carbons (Fsp3) is 0.185. The van der Waals surface area contributed by atoms with Crippen LogP contribution in [0.4, 0.5) is 5.69 Å². The van der Waals surface area contributed by atoms with Gasteiger partial charge < -0.3 is 5.32 Å². The van der Waals surface area contributed by atoms with Gasteiger partial charge in [-0.1, -0.05) is 85.8 Å². The fourth-order valence-corrected chi connectivity index (χ4v) is 4.86. The standard InChI is InChI=1S/C27H25N5O2S/c1-2-3-17-31-25(34)21-14-8-10-16-23(21)32-26(31)29-30-27(32)35-18-24(33)28-22-15-9-7-13-20(22)19-11-5-4-6-12-19/h4-16H,2-3,17-18H2,1H3,(H,28,33). The number of unbranched alkanes of at least 4 members (excludes halogenated alkanes) is 1. The molecule has 3 aromatic carbocycles. The van der Waals surface area contributed by atoms with Gasteiger partial charge in [-0.3, -0.25) is 18.6 Å². The molecule has 0 unspecified atom stereocenters. The van der Waals surface area contributed by atoms with Gasteiger partial charge >= 0.3 is 0 Å². The van der Waals surface area contributed by atoms with Gasteiger partial charge in [0.25, 0.3) is 5.56 Å². The molecule has 2 aromatic heterocycles. The van der Waals surface area contributed by atoms with Crippen LogP contribution in [0.2, 0.25) is 0 Å². The minimum absolute atomic E-state index is 0.0687. The van der Waals surface area contributed by atoms with Crippen LogP contribution in [0.15, 0.2) is 88.8 Å². The summed E-state index contributed by atoms with van der Waals surface area (Å²) in [4.78, 5) is 26.0. The van der Waals surface area contributed by atoms with Crippen molar-refractivity contribution in [2.24, 2.45) is 0 Å². The Hall–Kier alpha value is -3.91. The summed E-state index contributed by atoms with van der Waals surface area (Å²) >= 11 is 1.30. The number of fused-ring (bicyclic) bond motifs is 3. The number of anilines is 1. The second-order valence-corrected chi connectivity index (χ2v) is 9.14. The molecule has 5 aromatic rings. The first-order valence-electron chi connectivity index (χ1n) is 11.6. The molecule has 35 heavy (non-hydrogen) atoms. The first-order chi connectivity index (χ1) is 17.2. The average molecular weight is 484 g/mol. The van der Waals surface area contributed by atoms with Crippen LogP contribution >= 0.6 is 11.8 Å². The van der Waals surface area contributed by atoms with Crippen molar-refractivity contribution < 1.29 is 4.79 Å². The van der Waals surface area contributed by atoms with E-state index in [2.05, 4.69) is 22.4 Å². The number of hydrogen-bond acceptors (Lipinski definition) is 5. The highest BCUT2D eigenvalue weighted by atomic mass is 32.2. The predicted octanol–water partition coefficient (Wildman–Crippen LogP) is 5.24. The molecule has 8 heteroatoms. The van der Waals surface area contributed by atoms with Gasteiger partial charge in [0.1, 0.15) is 0 Å². The Morgan fingerprint density at radius 3 is 2.51 bits per heavy atom. The third kappa shape index (κ3) is 4.57. The smallest absolute Gasteiger partial charge is 0.262 e. The number of aryl methyl sites for hydroxylation is 1. The van der Waals surface area contributed by atoms with Crippen molar-refractivity contribution in [1.82, 2.24) is 19.2 Å². The fourth-order valence-electron chi connectivity index (χ4n) is 4.12. The number of para-hydroxylation sites is 2. The van der Waals surface area contributed by atoms with Crippen LogP contribution in [0.3, 0.4) is 0 Å². The highest BCUT2D eigenvalue weighted by molar-refractivity contribution is 7.99. The largest absolute Gasteiger partial charge is 0.325 e. The molecule has 2 heterocycles. The lowest BCUT2D eigenvalue weighted by Gasteiger charge is -2.12. The summed E-state index contributed by atoms with van der Waals surface area (Å²) < 4.78 is 3.56. The van der Waals surface area contributed by atoms with E-state index in [1.165, 1.54) is 11.8 Å². The minimum atomic E-state index is -0.140. The zero-order valence-corrected chi connectivity index (χ0v) is 20.2. The van der Waals surface area contributed by atoms with Crippen LogP contribution in [0.25, 0.3) is 27.8 Å². The molecule has 7 nitrogen and oxygen atoms in total. The lowest BCUT2D eigenvalue weighted by Crippen LogP contribution is -2.23. The van der Waals surface area contributed by atoms with Gasteiger partial charge in [0, 0.05) is 17.8 Å². The first kappa shape index (κ1) is 22.9. The lowest BCUT2D eigenvalue weighted by atomic mass is 10.0. The average Bonchev–Trinajstić information content (AvgIpc) is 3.32. The number of benzene rings is 3. The van der Waals surface area contributed by atoms with Crippen molar-refractivity contribution in [1.29, 1.82) is 0 Å². The molecule has 1 amide bonds. The SMILES string of the molecule is CCCCn1c(=O)c2ccccc2n2c(SCC(=O)Nc3ccccc3-c3ccccc3)nnc12. The molecule has 1 N–H and O–H groups in total. The Kier molecular flexibility index (Phi) is 6.63. The Morgan fingerprint density at radius 1 is 0.943 bits per heavy atom. The van der Waals surface area contributed by atoms with Crippen molar-refractivity contribution >= 4 is 40.0 Å². The van der Waals surface area contributed by atoms with E-state index >= 15 is 0 Å². The van der Waals surface area contributed by atoms with E-state index < -0.39 is 0 Å². The minimum Gasteiger partial charge on any atom is -0.325 e. The molecule has 0 radical (unpaired) electrons. The maximum atomic E-state index is 13.1. The highest BCUT2D eigenvalue weighted by Crippen LogP contribution is 2.28. The maximum absolute atomic E-state index is 13.1. The molecule has 5 rings (SSSR count). The van der Waals surface area contributed by atoms with Gasteiger partial charge in [-0.05, 0) is 30.2 Å². The van der Waals surface area contributed by atoms with Crippen LogP contribution in [0, 0.1) is 0 Å². The molecule has 0 spiro atoms. The number of thioether (sulfide) groups is 1. The van der Waals surface area contributed by atoms with Crippen LogP contribution in [0.5, 0.6) is 0 Å². The highest BCUT2D eigenvalue weighted by Gasteiger charge is 2.18. The van der Waals surface area contributed by atoms with Crippen molar-refractivity contribution in [2.45, 2.75) is 31.5 Å². The summed E-state index contributed by atoms with van der Waals surface area (Å²) in [6.45, 7) is 2.66. The van der Waals surface area contributed by atoms with Crippen LogP contribution in [-0.2, 0) is 11.3 Å². The number of nitrogens with zero attached hydrogens (tertiary/aromatic N) is 4. The zero-order chi connectivity index (χ0) is 24.2. The van der Waals surface area contributed by atoms with Crippen LogP contribution in [-0.4, -0.2) is 30.8 Å². The number of nitrogens with one attached hydrogen (secondary N) is 1. The van der Waals surface area contributed by atoms with Gasteiger partial charge in [0.05, 0.1) is 16.7 Å². The van der Waals surface area contributed by atoms with E-state index in [1.807, 2.05) is 83.3 Å². The Balaban J connectivity index is 1.42. The third-order valence-electron chi connectivity index (χ3n) is 5.83. The van der Waals surface area contributed by atoms with E-state index in [0.717, 1.165) is 35.2 Å². The summed E-state index contributed by atoms with van der Waals surface area (Å²) in [5, 5.41) is 12.9. The predicted molar refractivity (Wildman–Crippen MR) is 141 cm³/mol. The molecular weight excluding hydrogens is 458 g/mol. The van der Waals surface area contributed by atoms with Crippen LogP contribution < -0.4 is 10.9 Å². The molecule has 0 aliphatic heterocycles. The molecule has 0 atom stereocenters. The monoisotopic (exact) mass is 483 g/mol. The van der Waals surface area contributed by atoms with Crippen LogP contribution in [0.1, 0.15) is 19.8 Å². The normalized spacial score (nSPS) is 11.2. The second-order valence-electron chi connectivity index (χ2n) is 8.19. The Bertz CT molecular complexity index is 1560. The van der Waals surface area contributed by atoms with Gasteiger partial charge in [-0.2, -0.15) is 0 Å². The van der Waals surface area contributed by atoms with E-state index in [0.29, 0.717) is 22.9 Å². The molecular formula is C27H25N5O2S. The van der Waals surface area contributed by atoms with E-state index in [-0.39, 0.29) is 17.2 Å². The second kappa shape index (κ2) is 10.1. The lowest BCUT2D eigenvalue weighted by molar-refractivity contribution is -0.113. The third-order valence-corrected chi connectivity index (χ3v) is 6.76. The molecule has 0 aliphatic rings. The number of carbonyl (C=O) groups is 1. The van der Waals surface area contributed by atoms with Crippen molar-refractivity contribution in [3.63, 3.8) is 0 Å². The Labute approximate surface area is 206 Å². The number of rotatable bonds is 8. The molecule has 0 saturated heterocycles. The summed E-state index contributed by atoms with van der Waals surface area (Å²) in [7, 11) is 0. The van der Waals surface area contributed by atoms with Crippen molar-refractivity contribution in [3.8, 4) is 11.1 Å². The number of amides is 1. The molecule has 0 saturated carbocycles. The van der Waals surface area contributed by atoms with E-state index in [9.17, 15) is 9.59 Å². The number of hydrogen-bond donors (Lipinski definition) is 1. The maximum Gasteiger partial charge on any atom is 0.262 e. The summed E-state index contributed by atoms with van der Waals surface area (Å²) in [5.41, 5.74) is 3.43. The van der Waals surface area contributed by atoms with Gasteiger partial charge in [0.15, 0.2) is 5.16 Å². The topological polar surface area (TPSA) is 81.3 Å². The van der Waals surface area contributed by atoms with E-state index in [4.69, 9.17) is 0 Å². The number of aromatic nitrogens is 4. The Morgan fingerprint density at radius 2 is 1.69 bits per heavy atom. The molecule has 0 aliphatic carbocycles. The zero-order valence-electron chi connectivity index (χ0n) is 19.3. The van der Waals surface area contributed by atoms with Gasteiger partial charge in [-0.15, -0.1) is 10.2 Å².